The number of halogens is 3. The van der Waals surface area contributed by atoms with E-state index in [0.29, 0.717) is 24.7 Å². The van der Waals surface area contributed by atoms with Crippen LogP contribution in [0, 0.1) is 11.3 Å². The van der Waals surface area contributed by atoms with Crippen LogP contribution in [0.15, 0.2) is 18.2 Å². The van der Waals surface area contributed by atoms with E-state index >= 15 is 0 Å². The number of rotatable bonds is 5. The maximum atomic E-state index is 13.0. The molecule has 20 heavy (non-hydrogen) atoms. The van der Waals surface area contributed by atoms with E-state index in [2.05, 4.69) is 0 Å². The Balaban J connectivity index is 3.28. The predicted octanol–water partition coefficient (Wildman–Crippen LogP) is 3.47. The van der Waals surface area contributed by atoms with Crippen molar-refractivity contribution in [1.29, 1.82) is 5.41 Å². The average Bonchev–Trinajstić information content (AvgIpc) is 2.33. The minimum Gasteiger partial charge on any atom is -0.384 e. The Kier molecular flexibility index (Phi) is 5.03. The quantitative estimate of drug-likeness (QED) is 0.643. The Hall–Kier alpha value is -1.72. The molecule has 1 aromatic carbocycles. The van der Waals surface area contributed by atoms with Crippen molar-refractivity contribution < 1.29 is 13.2 Å². The lowest BCUT2D eigenvalue weighted by molar-refractivity contribution is -0.137. The minimum atomic E-state index is -4.52. The summed E-state index contributed by atoms with van der Waals surface area (Å²) in [6.45, 7) is 7.21. The maximum absolute atomic E-state index is 13.0. The fraction of sp³-hybridized carbons (Fsp3) is 0.500. The summed E-state index contributed by atoms with van der Waals surface area (Å²) in [4.78, 5) is 1.88. The van der Waals surface area contributed by atoms with Crippen molar-refractivity contribution in [3.8, 4) is 0 Å². The number of nitrogens with one attached hydrogen (secondary N) is 1. The standard InChI is InChI=1S/C14H20F3N3/c1-4-20(8-9(2)3)10-5-6-11(13(18)19)12(7-10)14(15,16)17/h5-7,9H,4,8H2,1-3H3,(H3,18,19). The molecule has 0 saturated carbocycles. The molecule has 0 radical (unpaired) electrons. The topological polar surface area (TPSA) is 53.1 Å². The third kappa shape index (κ3) is 3.88. The van der Waals surface area contributed by atoms with Crippen LogP contribution in [0.4, 0.5) is 18.9 Å². The van der Waals surface area contributed by atoms with Crippen molar-refractivity contribution in [2.45, 2.75) is 26.9 Å². The fourth-order valence-corrected chi connectivity index (χ4v) is 2.06. The monoisotopic (exact) mass is 287 g/mol. The summed E-state index contributed by atoms with van der Waals surface area (Å²) >= 11 is 0. The van der Waals surface area contributed by atoms with Crippen LogP contribution < -0.4 is 10.6 Å². The lowest BCUT2D eigenvalue weighted by Crippen LogP contribution is -2.28. The summed E-state index contributed by atoms with van der Waals surface area (Å²) < 4.78 is 39.1. The normalized spacial score (nSPS) is 11.8. The van der Waals surface area contributed by atoms with Gasteiger partial charge in [-0.25, -0.2) is 0 Å². The third-order valence-corrected chi connectivity index (χ3v) is 2.93. The molecule has 0 aromatic heterocycles. The highest BCUT2D eigenvalue weighted by Crippen LogP contribution is 2.34. The van der Waals surface area contributed by atoms with Gasteiger partial charge in [-0.15, -0.1) is 0 Å². The van der Waals surface area contributed by atoms with E-state index in [1.54, 1.807) is 6.07 Å². The number of benzene rings is 1. The molecule has 0 aliphatic heterocycles. The molecule has 3 nitrogen and oxygen atoms in total. The van der Waals surface area contributed by atoms with Crippen LogP contribution in [0.25, 0.3) is 0 Å². The first-order chi connectivity index (χ1) is 9.16. The highest BCUT2D eigenvalue weighted by Gasteiger charge is 2.34. The van der Waals surface area contributed by atoms with Crippen molar-refractivity contribution in [2.75, 3.05) is 18.0 Å². The predicted molar refractivity (Wildman–Crippen MR) is 75.2 cm³/mol. The Morgan fingerprint density at radius 1 is 1.35 bits per heavy atom. The average molecular weight is 287 g/mol. The molecule has 0 atom stereocenters. The van der Waals surface area contributed by atoms with Gasteiger partial charge in [-0.05, 0) is 31.0 Å². The number of nitrogen functional groups attached to an aromatic ring is 1. The van der Waals surface area contributed by atoms with Gasteiger partial charge >= 0.3 is 6.18 Å². The first-order valence-corrected chi connectivity index (χ1v) is 6.47. The molecule has 112 valence electrons. The van der Waals surface area contributed by atoms with Gasteiger partial charge in [-0.2, -0.15) is 13.2 Å². The number of hydrogen-bond donors (Lipinski definition) is 2. The number of nitrogens with two attached hydrogens (primary N) is 1. The molecule has 0 spiro atoms. The zero-order chi connectivity index (χ0) is 15.5. The van der Waals surface area contributed by atoms with Crippen molar-refractivity contribution in [1.82, 2.24) is 0 Å². The second-order valence-electron chi connectivity index (χ2n) is 5.07. The summed E-state index contributed by atoms with van der Waals surface area (Å²) in [5.41, 5.74) is 4.59. The second kappa shape index (κ2) is 6.15. The van der Waals surface area contributed by atoms with Crippen LogP contribution in [0.1, 0.15) is 31.9 Å². The summed E-state index contributed by atoms with van der Waals surface area (Å²) in [5.74, 6) is -0.229. The molecule has 6 heteroatoms. The molecule has 0 amide bonds. The van der Waals surface area contributed by atoms with Crippen LogP contribution in [-0.2, 0) is 6.18 Å². The molecule has 1 rings (SSSR count). The Morgan fingerprint density at radius 2 is 1.95 bits per heavy atom. The van der Waals surface area contributed by atoms with Crippen LogP contribution in [0.3, 0.4) is 0 Å². The highest BCUT2D eigenvalue weighted by molar-refractivity contribution is 5.97. The van der Waals surface area contributed by atoms with E-state index in [1.807, 2.05) is 25.7 Å². The summed E-state index contributed by atoms with van der Waals surface area (Å²) in [6, 6.07) is 3.92. The first kappa shape index (κ1) is 16.3. The number of anilines is 1. The smallest absolute Gasteiger partial charge is 0.384 e. The van der Waals surface area contributed by atoms with E-state index in [4.69, 9.17) is 11.1 Å². The van der Waals surface area contributed by atoms with Gasteiger partial charge in [0.2, 0.25) is 0 Å². The second-order valence-corrected chi connectivity index (χ2v) is 5.07. The van der Waals surface area contributed by atoms with Crippen LogP contribution in [0.5, 0.6) is 0 Å². The SMILES string of the molecule is CCN(CC(C)C)c1ccc(C(=N)N)c(C(F)(F)F)c1. The molecule has 0 aliphatic carbocycles. The molecule has 0 saturated heterocycles. The lowest BCUT2D eigenvalue weighted by atomic mass is 10.0. The molecule has 0 aliphatic rings. The van der Waals surface area contributed by atoms with Gasteiger partial charge in [0, 0.05) is 24.3 Å². The van der Waals surface area contributed by atoms with Gasteiger partial charge in [0.05, 0.1) is 5.56 Å². The Bertz CT molecular complexity index is 481. The number of hydrogen-bond acceptors (Lipinski definition) is 2. The van der Waals surface area contributed by atoms with Crippen LogP contribution in [-0.4, -0.2) is 18.9 Å². The van der Waals surface area contributed by atoms with Crippen LogP contribution in [0.2, 0.25) is 0 Å². The Labute approximate surface area is 117 Å². The summed E-state index contributed by atoms with van der Waals surface area (Å²) in [7, 11) is 0. The molecule has 0 heterocycles. The Morgan fingerprint density at radius 3 is 2.35 bits per heavy atom. The van der Waals surface area contributed by atoms with Gasteiger partial charge in [-0.3, -0.25) is 5.41 Å². The molecular formula is C14H20F3N3. The molecule has 0 fully saturated rings. The fourth-order valence-electron chi connectivity index (χ4n) is 2.06. The van der Waals surface area contributed by atoms with E-state index in [-0.39, 0.29) is 5.56 Å². The first-order valence-electron chi connectivity index (χ1n) is 6.47. The van der Waals surface area contributed by atoms with E-state index in [9.17, 15) is 13.2 Å². The zero-order valence-corrected chi connectivity index (χ0v) is 11.9. The summed E-state index contributed by atoms with van der Waals surface area (Å²) in [5, 5.41) is 7.26. The van der Waals surface area contributed by atoms with E-state index in [0.717, 1.165) is 6.07 Å². The van der Waals surface area contributed by atoms with E-state index in [1.165, 1.54) is 6.07 Å². The zero-order valence-electron chi connectivity index (χ0n) is 11.9. The highest BCUT2D eigenvalue weighted by atomic mass is 19.4. The van der Waals surface area contributed by atoms with Crippen molar-refractivity contribution in [2.24, 2.45) is 11.7 Å². The number of amidine groups is 1. The third-order valence-electron chi connectivity index (χ3n) is 2.93. The molecule has 3 N–H and O–H groups in total. The maximum Gasteiger partial charge on any atom is 0.417 e. The van der Waals surface area contributed by atoms with E-state index < -0.39 is 17.6 Å². The van der Waals surface area contributed by atoms with Crippen molar-refractivity contribution >= 4 is 11.5 Å². The largest absolute Gasteiger partial charge is 0.417 e. The molecule has 1 aromatic rings. The van der Waals surface area contributed by atoms with Crippen LogP contribution >= 0.6 is 0 Å². The van der Waals surface area contributed by atoms with Crippen molar-refractivity contribution in [3.63, 3.8) is 0 Å². The molecule has 0 bridgehead atoms. The summed E-state index contributed by atoms with van der Waals surface area (Å²) in [6.07, 6.45) is -4.52. The van der Waals surface area contributed by atoms with Gasteiger partial charge in [0.1, 0.15) is 5.84 Å². The molecular weight excluding hydrogens is 267 g/mol. The number of nitrogens with zero attached hydrogens (tertiary/aromatic N) is 1. The molecule has 0 unspecified atom stereocenters. The van der Waals surface area contributed by atoms with Gasteiger partial charge in [0.25, 0.3) is 0 Å². The van der Waals surface area contributed by atoms with Crippen molar-refractivity contribution in [3.05, 3.63) is 29.3 Å². The number of alkyl halides is 3. The lowest BCUT2D eigenvalue weighted by Gasteiger charge is -2.26. The minimum absolute atomic E-state index is 0.276. The van der Waals surface area contributed by atoms with Gasteiger partial charge < -0.3 is 10.6 Å². The van der Waals surface area contributed by atoms with Gasteiger partial charge in [0.15, 0.2) is 0 Å². The van der Waals surface area contributed by atoms with Gasteiger partial charge in [-0.1, -0.05) is 13.8 Å².